The first-order chi connectivity index (χ1) is 10.1. The van der Waals surface area contributed by atoms with Gasteiger partial charge in [-0.3, -0.25) is 4.79 Å². The number of quaternary nitrogens is 1. The molecule has 0 rings (SSSR count). The molecule has 0 aliphatic carbocycles. The van der Waals surface area contributed by atoms with Crippen LogP contribution in [0.4, 0.5) is 0 Å². The van der Waals surface area contributed by atoms with Crippen LogP contribution in [0.3, 0.4) is 0 Å². The van der Waals surface area contributed by atoms with Crippen LogP contribution in [-0.4, -0.2) is 60.8 Å². The summed E-state index contributed by atoms with van der Waals surface area (Å²) in [5, 5.41) is 0. The minimum absolute atomic E-state index is 0.114. The molecule has 0 aromatic rings. The van der Waals surface area contributed by atoms with Gasteiger partial charge in [0.15, 0.2) is 0 Å². The molecule has 1 unspecified atom stereocenters. The van der Waals surface area contributed by atoms with Gasteiger partial charge < -0.3 is 13.3 Å². The SMILES string of the molecule is C=C(C)C(=O)N[N+](C)(CCC[Si](OC)(OC)OC)CC(C)C. The lowest BCUT2D eigenvalue weighted by Gasteiger charge is -2.36. The molecule has 0 saturated carbocycles. The van der Waals surface area contributed by atoms with E-state index in [1.165, 1.54) is 0 Å². The maximum atomic E-state index is 12.0. The van der Waals surface area contributed by atoms with Crippen molar-refractivity contribution in [2.24, 2.45) is 5.92 Å². The number of nitrogens with one attached hydrogen (secondary N) is 1. The Bertz CT molecular complexity index is 364. The van der Waals surface area contributed by atoms with Crippen LogP contribution in [0.2, 0.25) is 6.04 Å². The zero-order valence-electron chi connectivity index (χ0n) is 15.2. The zero-order valence-corrected chi connectivity index (χ0v) is 16.2. The summed E-state index contributed by atoms with van der Waals surface area (Å²) < 4.78 is 16.8. The Morgan fingerprint density at radius 1 is 1.23 bits per heavy atom. The molecule has 0 aliphatic rings. The first-order valence-electron chi connectivity index (χ1n) is 7.61. The summed E-state index contributed by atoms with van der Waals surface area (Å²) in [5.41, 5.74) is 3.57. The maximum Gasteiger partial charge on any atom is 0.500 e. The molecule has 0 aliphatic heterocycles. The smallest absolute Gasteiger partial charge is 0.377 e. The second-order valence-electron chi connectivity index (χ2n) is 6.32. The van der Waals surface area contributed by atoms with Crippen molar-refractivity contribution in [2.75, 3.05) is 41.5 Å². The monoisotopic (exact) mass is 333 g/mol. The van der Waals surface area contributed by atoms with Crippen molar-refractivity contribution >= 4 is 14.7 Å². The first kappa shape index (κ1) is 21.3. The second kappa shape index (κ2) is 9.42. The summed E-state index contributed by atoms with van der Waals surface area (Å²) in [5.74, 6) is 0.349. The van der Waals surface area contributed by atoms with Crippen LogP contribution in [0.1, 0.15) is 27.2 Å². The number of hydrogen-bond acceptors (Lipinski definition) is 4. The van der Waals surface area contributed by atoms with Crippen molar-refractivity contribution in [2.45, 2.75) is 33.2 Å². The molecular weight excluding hydrogens is 300 g/mol. The predicted octanol–water partition coefficient (Wildman–Crippen LogP) is 1.96. The van der Waals surface area contributed by atoms with Gasteiger partial charge in [-0.25, -0.2) is 4.59 Å². The molecule has 0 spiro atoms. The third-order valence-electron chi connectivity index (χ3n) is 3.59. The van der Waals surface area contributed by atoms with Gasteiger partial charge in [0.05, 0.1) is 7.05 Å². The molecule has 0 radical (unpaired) electrons. The molecule has 6 nitrogen and oxygen atoms in total. The summed E-state index contributed by atoms with van der Waals surface area (Å²) in [4.78, 5) is 12.0. The molecule has 1 N–H and O–H groups in total. The molecule has 22 heavy (non-hydrogen) atoms. The number of hydrogen-bond donors (Lipinski definition) is 1. The molecule has 7 heteroatoms. The standard InChI is InChI=1S/C15H32N2O4Si/c1-13(2)12-17(5,16-15(18)14(3)4)10-9-11-22(19-6,20-7)21-8/h13H,3,9-12H2,1-2,4-8H3/p+1. The number of carbonyl (C=O) groups is 1. The fraction of sp³-hybridized carbons (Fsp3) is 0.800. The van der Waals surface area contributed by atoms with Gasteiger partial charge in [0.1, 0.15) is 13.1 Å². The Morgan fingerprint density at radius 2 is 1.73 bits per heavy atom. The van der Waals surface area contributed by atoms with Crippen LogP contribution in [0.25, 0.3) is 0 Å². The molecule has 0 fully saturated rings. The van der Waals surface area contributed by atoms with Crippen LogP contribution in [0, 0.1) is 5.92 Å². The van der Waals surface area contributed by atoms with E-state index < -0.39 is 8.80 Å². The highest BCUT2D eigenvalue weighted by Gasteiger charge is 2.38. The molecule has 0 bridgehead atoms. The van der Waals surface area contributed by atoms with Gasteiger partial charge in [-0.1, -0.05) is 20.4 Å². The van der Waals surface area contributed by atoms with Crippen molar-refractivity contribution < 1.29 is 22.7 Å². The summed E-state index contributed by atoms with van der Waals surface area (Å²) in [6, 6.07) is 0.714. The molecule has 0 saturated heterocycles. The average molecular weight is 334 g/mol. The predicted molar refractivity (Wildman–Crippen MR) is 89.9 cm³/mol. The summed E-state index contributed by atoms with van der Waals surface area (Å²) in [7, 11) is 4.31. The molecule has 0 aromatic carbocycles. The fourth-order valence-electron chi connectivity index (χ4n) is 2.54. The quantitative estimate of drug-likeness (QED) is 0.272. The van der Waals surface area contributed by atoms with Crippen molar-refractivity contribution in [3.05, 3.63) is 12.2 Å². The van der Waals surface area contributed by atoms with Gasteiger partial charge in [-0.05, 0) is 6.92 Å². The van der Waals surface area contributed by atoms with Gasteiger partial charge in [-0.15, -0.1) is 0 Å². The van der Waals surface area contributed by atoms with Crippen LogP contribution in [-0.2, 0) is 18.1 Å². The van der Waals surface area contributed by atoms with E-state index in [0.717, 1.165) is 19.5 Å². The van der Waals surface area contributed by atoms with E-state index in [9.17, 15) is 4.79 Å². The minimum atomic E-state index is -2.56. The summed E-state index contributed by atoms with van der Waals surface area (Å²) in [6.07, 6.45) is 0.835. The molecule has 0 heterocycles. The Hall–Kier alpha value is -0.733. The van der Waals surface area contributed by atoms with E-state index in [0.29, 0.717) is 22.1 Å². The van der Waals surface area contributed by atoms with E-state index >= 15 is 0 Å². The lowest BCUT2D eigenvalue weighted by Crippen LogP contribution is -2.59. The van der Waals surface area contributed by atoms with Crippen molar-refractivity contribution in [1.82, 2.24) is 5.43 Å². The third-order valence-corrected chi connectivity index (χ3v) is 6.43. The lowest BCUT2D eigenvalue weighted by atomic mass is 10.2. The van der Waals surface area contributed by atoms with E-state index in [2.05, 4.69) is 25.9 Å². The van der Waals surface area contributed by atoms with E-state index in [1.807, 2.05) is 7.05 Å². The molecule has 0 aromatic heterocycles. The van der Waals surface area contributed by atoms with Gasteiger partial charge in [0.25, 0.3) is 5.91 Å². The Morgan fingerprint density at radius 3 is 2.09 bits per heavy atom. The van der Waals surface area contributed by atoms with Gasteiger partial charge in [0, 0.05) is 45.3 Å². The maximum absolute atomic E-state index is 12.0. The van der Waals surface area contributed by atoms with Crippen LogP contribution in [0.15, 0.2) is 12.2 Å². The molecule has 1 amide bonds. The fourth-order valence-corrected chi connectivity index (χ4v) is 4.24. The third kappa shape index (κ3) is 7.02. The Labute approximate surface area is 136 Å². The summed E-state index contributed by atoms with van der Waals surface area (Å²) in [6.45, 7) is 11.3. The highest BCUT2D eigenvalue weighted by molar-refractivity contribution is 6.60. The van der Waals surface area contributed by atoms with Crippen molar-refractivity contribution in [1.29, 1.82) is 0 Å². The van der Waals surface area contributed by atoms with Gasteiger partial charge in [0.2, 0.25) is 0 Å². The van der Waals surface area contributed by atoms with Gasteiger partial charge in [-0.2, -0.15) is 5.43 Å². The van der Waals surface area contributed by atoms with E-state index in [4.69, 9.17) is 13.3 Å². The molecular formula is C15H33N2O4Si+. The Balaban J connectivity index is 4.79. The van der Waals surface area contributed by atoms with Crippen LogP contribution >= 0.6 is 0 Å². The van der Waals surface area contributed by atoms with E-state index in [1.54, 1.807) is 28.3 Å². The van der Waals surface area contributed by atoms with Crippen molar-refractivity contribution in [3.63, 3.8) is 0 Å². The summed E-state index contributed by atoms with van der Waals surface area (Å²) >= 11 is 0. The Kier molecular flexibility index (Phi) is 9.10. The zero-order chi connectivity index (χ0) is 17.4. The van der Waals surface area contributed by atoms with E-state index in [-0.39, 0.29) is 5.91 Å². The van der Waals surface area contributed by atoms with Crippen LogP contribution in [0.5, 0.6) is 0 Å². The second-order valence-corrected chi connectivity index (χ2v) is 9.41. The normalized spacial score (nSPS) is 14.7. The van der Waals surface area contributed by atoms with Crippen molar-refractivity contribution in [3.8, 4) is 0 Å². The lowest BCUT2D eigenvalue weighted by molar-refractivity contribution is -0.946. The minimum Gasteiger partial charge on any atom is -0.377 e. The highest BCUT2D eigenvalue weighted by atomic mass is 28.4. The number of nitrogens with zero attached hydrogens (tertiary/aromatic N) is 1. The number of rotatable bonds is 11. The highest BCUT2D eigenvalue weighted by Crippen LogP contribution is 2.17. The largest absolute Gasteiger partial charge is 0.500 e. The van der Waals surface area contributed by atoms with Gasteiger partial charge >= 0.3 is 8.80 Å². The number of amides is 1. The molecule has 1 atom stereocenters. The average Bonchev–Trinajstić information content (AvgIpc) is 2.43. The first-order valence-corrected chi connectivity index (χ1v) is 9.55. The number of carbonyl (C=O) groups excluding carboxylic acids is 1. The van der Waals surface area contributed by atoms with Crippen LogP contribution < -0.4 is 5.43 Å². The topological polar surface area (TPSA) is 56.8 Å². The molecule has 130 valence electrons.